The molecule has 1 heterocycles. The van der Waals surface area contributed by atoms with Gasteiger partial charge < -0.3 is 10.1 Å². The van der Waals surface area contributed by atoms with Crippen LogP contribution in [0.15, 0.2) is 0 Å². The number of aromatic nitrogens is 1. The third-order valence-corrected chi connectivity index (χ3v) is 4.16. The predicted molar refractivity (Wildman–Crippen MR) is 73.5 cm³/mol. The molecule has 0 radical (unpaired) electrons. The van der Waals surface area contributed by atoms with E-state index in [1.807, 2.05) is 13.8 Å². The summed E-state index contributed by atoms with van der Waals surface area (Å²) in [6, 6.07) is 0. The minimum absolute atomic E-state index is 0.132. The van der Waals surface area contributed by atoms with Crippen molar-refractivity contribution in [1.29, 1.82) is 0 Å². The van der Waals surface area contributed by atoms with Crippen LogP contribution in [0.4, 0.5) is 0 Å². The Labute approximate surface area is 109 Å². The number of aryl methyl sites for hydroxylation is 1. The molecule has 0 aliphatic heterocycles. The lowest BCUT2D eigenvalue weighted by Gasteiger charge is -2.20. The molecular weight excluding hydrogens is 232 g/mol. The SMILES string of the molecule is COC(C)(C)c1nc(C)c(CNC(C)(C)C)s1. The average Bonchev–Trinajstić information content (AvgIpc) is 2.56. The lowest BCUT2D eigenvalue weighted by molar-refractivity contribution is 0.0189. The fourth-order valence-electron chi connectivity index (χ4n) is 1.28. The first-order chi connectivity index (χ1) is 7.65. The van der Waals surface area contributed by atoms with E-state index in [1.165, 1.54) is 4.88 Å². The molecule has 0 amide bonds. The Morgan fingerprint density at radius 1 is 1.24 bits per heavy atom. The predicted octanol–water partition coefficient (Wildman–Crippen LogP) is 3.22. The molecule has 0 aromatic carbocycles. The Bertz CT molecular complexity index is 377. The molecule has 4 heteroatoms. The molecule has 0 aliphatic carbocycles. The van der Waals surface area contributed by atoms with Crippen molar-refractivity contribution in [2.24, 2.45) is 0 Å². The van der Waals surface area contributed by atoms with Crippen LogP contribution in [0.1, 0.15) is 50.2 Å². The lowest BCUT2D eigenvalue weighted by Crippen LogP contribution is -2.34. The smallest absolute Gasteiger partial charge is 0.125 e. The largest absolute Gasteiger partial charge is 0.372 e. The van der Waals surface area contributed by atoms with Gasteiger partial charge in [-0.1, -0.05) is 0 Å². The molecule has 1 aromatic heterocycles. The van der Waals surface area contributed by atoms with E-state index in [1.54, 1.807) is 18.4 Å². The normalized spacial score (nSPS) is 13.1. The molecule has 0 atom stereocenters. The summed E-state index contributed by atoms with van der Waals surface area (Å²) in [4.78, 5) is 5.90. The summed E-state index contributed by atoms with van der Waals surface area (Å²) in [5.74, 6) is 0. The van der Waals surface area contributed by atoms with Crippen molar-refractivity contribution < 1.29 is 4.74 Å². The highest BCUT2D eigenvalue weighted by Crippen LogP contribution is 2.30. The molecule has 0 fully saturated rings. The molecule has 1 N–H and O–H groups in total. The van der Waals surface area contributed by atoms with Gasteiger partial charge in [0.25, 0.3) is 0 Å². The van der Waals surface area contributed by atoms with Crippen LogP contribution in [0.25, 0.3) is 0 Å². The third-order valence-electron chi connectivity index (χ3n) is 2.70. The van der Waals surface area contributed by atoms with Gasteiger partial charge in [-0.15, -0.1) is 11.3 Å². The second-order valence-electron chi connectivity index (χ2n) is 5.85. The number of nitrogens with one attached hydrogen (secondary N) is 1. The van der Waals surface area contributed by atoms with E-state index in [-0.39, 0.29) is 11.1 Å². The van der Waals surface area contributed by atoms with Gasteiger partial charge in [-0.3, -0.25) is 0 Å². The van der Waals surface area contributed by atoms with Crippen molar-refractivity contribution in [3.05, 3.63) is 15.6 Å². The van der Waals surface area contributed by atoms with Crippen molar-refractivity contribution in [2.75, 3.05) is 7.11 Å². The first kappa shape index (κ1) is 14.6. The Kier molecular flexibility index (Phi) is 4.33. The van der Waals surface area contributed by atoms with Gasteiger partial charge in [0, 0.05) is 24.1 Å². The monoisotopic (exact) mass is 256 g/mol. The van der Waals surface area contributed by atoms with Gasteiger partial charge in [-0.2, -0.15) is 0 Å². The number of thiazole rings is 1. The zero-order valence-electron chi connectivity index (χ0n) is 12.0. The first-order valence-electron chi connectivity index (χ1n) is 5.92. The summed E-state index contributed by atoms with van der Waals surface area (Å²) in [6.45, 7) is 13.5. The fourth-order valence-corrected chi connectivity index (χ4v) is 2.37. The van der Waals surface area contributed by atoms with Crippen LogP contribution in [0.2, 0.25) is 0 Å². The van der Waals surface area contributed by atoms with Crippen molar-refractivity contribution in [3.63, 3.8) is 0 Å². The second kappa shape index (κ2) is 5.04. The zero-order valence-corrected chi connectivity index (χ0v) is 12.8. The Morgan fingerprint density at radius 2 is 1.82 bits per heavy atom. The summed E-state index contributed by atoms with van der Waals surface area (Å²) in [6.07, 6.45) is 0. The van der Waals surface area contributed by atoms with Crippen LogP contribution in [-0.2, 0) is 16.9 Å². The molecule has 1 aromatic rings. The van der Waals surface area contributed by atoms with Gasteiger partial charge in [-0.25, -0.2) is 4.98 Å². The van der Waals surface area contributed by atoms with Crippen LogP contribution < -0.4 is 5.32 Å². The minimum atomic E-state index is -0.296. The molecule has 0 bridgehead atoms. The maximum absolute atomic E-state index is 5.46. The molecule has 0 saturated carbocycles. The maximum Gasteiger partial charge on any atom is 0.125 e. The molecular formula is C13H24N2OS. The van der Waals surface area contributed by atoms with Crippen molar-refractivity contribution >= 4 is 11.3 Å². The Hall–Kier alpha value is -0.450. The van der Waals surface area contributed by atoms with Gasteiger partial charge >= 0.3 is 0 Å². The van der Waals surface area contributed by atoms with Crippen LogP contribution in [0, 0.1) is 6.92 Å². The number of hydrogen-bond donors (Lipinski definition) is 1. The van der Waals surface area contributed by atoms with Crippen LogP contribution in [0.5, 0.6) is 0 Å². The topological polar surface area (TPSA) is 34.1 Å². The molecule has 0 aliphatic rings. The highest BCUT2D eigenvalue weighted by molar-refractivity contribution is 7.11. The minimum Gasteiger partial charge on any atom is -0.372 e. The fraction of sp³-hybridized carbons (Fsp3) is 0.769. The third kappa shape index (κ3) is 4.05. The maximum atomic E-state index is 5.46. The van der Waals surface area contributed by atoms with E-state index in [0.29, 0.717) is 0 Å². The van der Waals surface area contributed by atoms with Gasteiger partial charge in [-0.05, 0) is 41.5 Å². The molecule has 17 heavy (non-hydrogen) atoms. The number of ether oxygens (including phenoxy) is 1. The van der Waals surface area contributed by atoms with Crippen molar-refractivity contribution in [3.8, 4) is 0 Å². The molecule has 0 saturated heterocycles. The lowest BCUT2D eigenvalue weighted by atomic mass is 10.1. The summed E-state index contributed by atoms with van der Waals surface area (Å²) in [7, 11) is 1.73. The second-order valence-corrected chi connectivity index (χ2v) is 6.93. The molecule has 98 valence electrons. The average molecular weight is 256 g/mol. The number of nitrogens with zero attached hydrogens (tertiary/aromatic N) is 1. The van der Waals surface area contributed by atoms with E-state index in [9.17, 15) is 0 Å². The van der Waals surface area contributed by atoms with Crippen LogP contribution in [0.3, 0.4) is 0 Å². The van der Waals surface area contributed by atoms with Gasteiger partial charge in [0.05, 0.1) is 5.69 Å². The van der Waals surface area contributed by atoms with E-state index in [2.05, 4.69) is 38.0 Å². The summed E-state index contributed by atoms with van der Waals surface area (Å²) in [5, 5.41) is 4.54. The number of rotatable bonds is 4. The van der Waals surface area contributed by atoms with E-state index in [0.717, 1.165) is 17.2 Å². The highest BCUT2D eigenvalue weighted by atomic mass is 32.1. The van der Waals surface area contributed by atoms with Gasteiger partial charge in [0.2, 0.25) is 0 Å². The summed E-state index contributed by atoms with van der Waals surface area (Å²) >= 11 is 1.73. The van der Waals surface area contributed by atoms with Crippen LogP contribution >= 0.6 is 11.3 Å². The van der Waals surface area contributed by atoms with Crippen LogP contribution in [-0.4, -0.2) is 17.6 Å². The molecule has 0 spiro atoms. The van der Waals surface area contributed by atoms with Gasteiger partial charge in [0.15, 0.2) is 0 Å². The standard InChI is InChI=1S/C13H24N2OS/c1-9-10(8-14-12(2,3)4)17-11(15-9)13(5,6)16-7/h14H,8H2,1-7H3. The highest BCUT2D eigenvalue weighted by Gasteiger charge is 2.25. The van der Waals surface area contributed by atoms with E-state index >= 15 is 0 Å². The number of methoxy groups -OCH3 is 1. The Morgan fingerprint density at radius 3 is 2.29 bits per heavy atom. The summed E-state index contributed by atoms with van der Waals surface area (Å²) < 4.78 is 5.46. The van der Waals surface area contributed by atoms with Crippen molar-refractivity contribution in [1.82, 2.24) is 10.3 Å². The van der Waals surface area contributed by atoms with Gasteiger partial charge in [0.1, 0.15) is 10.6 Å². The van der Waals surface area contributed by atoms with E-state index in [4.69, 9.17) is 4.74 Å². The molecule has 0 unspecified atom stereocenters. The quantitative estimate of drug-likeness (QED) is 0.898. The zero-order chi connectivity index (χ0) is 13.3. The van der Waals surface area contributed by atoms with E-state index < -0.39 is 0 Å². The molecule has 3 nitrogen and oxygen atoms in total. The first-order valence-corrected chi connectivity index (χ1v) is 6.74. The Balaban J connectivity index is 2.83. The number of hydrogen-bond acceptors (Lipinski definition) is 4. The summed E-state index contributed by atoms with van der Waals surface area (Å²) in [5.41, 5.74) is 0.940. The van der Waals surface area contributed by atoms with Crippen molar-refractivity contribution in [2.45, 2.75) is 59.2 Å². The molecule has 1 rings (SSSR count).